The number of nitrogens with two attached hydrogens (primary N) is 1. The Bertz CT molecular complexity index is 481. The highest BCUT2D eigenvalue weighted by Gasteiger charge is 2.25. The molecule has 1 aliphatic heterocycles. The third-order valence-corrected chi connectivity index (χ3v) is 4.01. The number of hydrogen-bond donors (Lipinski definition) is 1. The van der Waals surface area contributed by atoms with Crippen molar-refractivity contribution in [1.29, 1.82) is 5.26 Å². The minimum Gasteiger partial charge on any atom is -0.330 e. The fourth-order valence-corrected chi connectivity index (χ4v) is 2.68. The Labute approximate surface area is 113 Å². The third-order valence-electron chi connectivity index (χ3n) is 4.01. The highest BCUT2D eigenvalue weighted by Crippen LogP contribution is 2.24. The van der Waals surface area contributed by atoms with Crippen molar-refractivity contribution in [2.24, 2.45) is 11.7 Å². The molecule has 1 aromatic rings. The monoisotopic (exact) mass is 261 g/mol. The predicted octanol–water partition coefficient (Wildman–Crippen LogP) is 2.26. The van der Waals surface area contributed by atoms with E-state index in [9.17, 15) is 4.39 Å². The first-order valence-electron chi connectivity index (χ1n) is 6.76. The molecule has 102 valence electrons. The number of halogens is 1. The Morgan fingerprint density at radius 2 is 2.26 bits per heavy atom. The smallest absolute Gasteiger partial charge is 0.124 e. The van der Waals surface area contributed by atoms with E-state index >= 15 is 0 Å². The van der Waals surface area contributed by atoms with Gasteiger partial charge in [0.2, 0.25) is 0 Å². The number of hydrogen-bond acceptors (Lipinski definition) is 3. The first kappa shape index (κ1) is 14.0. The average Bonchev–Trinajstić information content (AvgIpc) is 2.43. The second-order valence-corrected chi connectivity index (χ2v) is 5.37. The van der Waals surface area contributed by atoms with Crippen LogP contribution in [0.15, 0.2) is 18.2 Å². The number of likely N-dealkylation sites (tertiary alicyclic amines) is 1. The first-order chi connectivity index (χ1) is 9.13. The first-order valence-corrected chi connectivity index (χ1v) is 6.76. The third kappa shape index (κ3) is 3.31. The molecule has 0 spiro atoms. The van der Waals surface area contributed by atoms with Crippen molar-refractivity contribution in [1.82, 2.24) is 4.90 Å². The summed E-state index contributed by atoms with van der Waals surface area (Å²) in [5.41, 5.74) is 7.08. The molecule has 0 aromatic heterocycles. The van der Waals surface area contributed by atoms with Gasteiger partial charge in [-0.2, -0.15) is 5.26 Å². The zero-order valence-corrected chi connectivity index (χ0v) is 11.3. The zero-order chi connectivity index (χ0) is 13.8. The van der Waals surface area contributed by atoms with E-state index in [-0.39, 0.29) is 5.82 Å². The summed E-state index contributed by atoms with van der Waals surface area (Å²) in [5.74, 6) is 0.175. The normalized spacial score (nSPS) is 24.1. The average molecular weight is 261 g/mol. The predicted molar refractivity (Wildman–Crippen MR) is 72.8 cm³/mol. The summed E-state index contributed by atoms with van der Waals surface area (Å²) < 4.78 is 13.1. The van der Waals surface area contributed by atoms with Crippen molar-refractivity contribution < 1.29 is 4.39 Å². The van der Waals surface area contributed by atoms with Crippen molar-refractivity contribution >= 4 is 0 Å². The summed E-state index contributed by atoms with van der Waals surface area (Å²) in [6.07, 6.45) is 2.30. The molecule has 0 bridgehead atoms. The van der Waals surface area contributed by atoms with E-state index in [4.69, 9.17) is 11.0 Å². The van der Waals surface area contributed by atoms with E-state index in [1.165, 1.54) is 18.6 Å². The van der Waals surface area contributed by atoms with Crippen molar-refractivity contribution in [3.63, 3.8) is 0 Å². The minimum atomic E-state index is -0.355. The van der Waals surface area contributed by atoms with E-state index < -0.39 is 0 Å². The van der Waals surface area contributed by atoms with Crippen LogP contribution in [-0.4, -0.2) is 24.0 Å². The van der Waals surface area contributed by atoms with Crippen LogP contribution in [0, 0.1) is 23.1 Å². The Kier molecular flexibility index (Phi) is 4.52. The molecule has 3 nitrogen and oxygen atoms in total. The van der Waals surface area contributed by atoms with Crippen LogP contribution in [0.4, 0.5) is 4.39 Å². The van der Waals surface area contributed by atoms with Gasteiger partial charge in [0.15, 0.2) is 0 Å². The van der Waals surface area contributed by atoms with E-state index in [1.54, 1.807) is 6.07 Å². The van der Waals surface area contributed by atoms with Gasteiger partial charge in [0.1, 0.15) is 5.82 Å². The van der Waals surface area contributed by atoms with Crippen LogP contribution in [0.25, 0.3) is 0 Å². The number of nitriles is 1. The number of rotatable bonds is 3. The molecule has 0 radical (unpaired) electrons. The van der Waals surface area contributed by atoms with E-state index in [1.807, 2.05) is 0 Å². The maximum absolute atomic E-state index is 13.1. The van der Waals surface area contributed by atoms with Crippen molar-refractivity contribution in [3.05, 3.63) is 35.1 Å². The van der Waals surface area contributed by atoms with Gasteiger partial charge in [-0.1, -0.05) is 6.07 Å². The van der Waals surface area contributed by atoms with Crippen LogP contribution in [-0.2, 0) is 6.54 Å². The maximum Gasteiger partial charge on any atom is 0.124 e. The van der Waals surface area contributed by atoms with Gasteiger partial charge in [-0.15, -0.1) is 0 Å². The molecule has 0 saturated carbocycles. The molecule has 1 heterocycles. The minimum absolute atomic E-state index is 0.355. The van der Waals surface area contributed by atoms with Crippen LogP contribution >= 0.6 is 0 Å². The molecule has 4 heteroatoms. The van der Waals surface area contributed by atoms with Crippen molar-refractivity contribution in [2.75, 3.05) is 13.1 Å². The van der Waals surface area contributed by atoms with E-state index in [2.05, 4.69) is 17.9 Å². The molecule has 2 unspecified atom stereocenters. The van der Waals surface area contributed by atoms with E-state index in [0.29, 0.717) is 30.6 Å². The van der Waals surface area contributed by atoms with E-state index in [0.717, 1.165) is 18.5 Å². The molecule has 1 aromatic carbocycles. The Morgan fingerprint density at radius 1 is 1.47 bits per heavy atom. The Balaban J connectivity index is 2.13. The van der Waals surface area contributed by atoms with Gasteiger partial charge in [0, 0.05) is 19.1 Å². The summed E-state index contributed by atoms with van der Waals surface area (Å²) in [5, 5.41) is 9.08. The highest BCUT2D eigenvalue weighted by molar-refractivity contribution is 5.37. The molecule has 2 rings (SSSR count). The van der Waals surface area contributed by atoms with Gasteiger partial charge in [0.25, 0.3) is 0 Å². The quantitative estimate of drug-likeness (QED) is 0.908. The lowest BCUT2D eigenvalue weighted by molar-refractivity contribution is 0.113. The van der Waals surface area contributed by atoms with Crippen LogP contribution in [0.2, 0.25) is 0 Å². The summed E-state index contributed by atoms with van der Waals surface area (Å²) in [6, 6.07) is 7.01. The fourth-order valence-electron chi connectivity index (χ4n) is 2.68. The number of benzene rings is 1. The molecular weight excluding hydrogens is 241 g/mol. The molecule has 19 heavy (non-hydrogen) atoms. The molecular formula is C15H20FN3. The second-order valence-electron chi connectivity index (χ2n) is 5.37. The van der Waals surface area contributed by atoms with Crippen LogP contribution in [0.3, 0.4) is 0 Å². The maximum atomic E-state index is 13.1. The van der Waals surface area contributed by atoms with Crippen LogP contribution < -0.4 is 5.73 Å². The Hall–Kier alpha value is -1.44. The lowest BCUT2D eigenvalue weighted by Gasteiger charge is -2.37. The zero-order valence-electron chi connectivity index (χ0n) is 11.3. The summed E-state index contributed by atoms with van der Waals surface area (Å²) in [7, 11) is 0. The van der Waals surface area contributed by atoms with Gasteiger partial charge < -0.3 is 5.73 Å². The molecule has 0 aliphatic carbocycles. The standard InChI is InChI=1S/C15H20FN3/c1-11-2-3-12(7-17)9-19(11)10-13-4-5-15(16)6-14(13)8-18/h4-6,11-12H,2-3,7,9-10,17H2,1H3. The van der Waals surface area contributed by atoms with Gasteiger partial charge in [-0.05, 0) is 49.9 Å². The molecule has 2 N–H and O–H groups in total. The molecule has 1 fully saturated rings. The molecule has 0 amide bonds. The molecule has 1 saturated heterocycles. The fraction of sp³-hybridized carbons (Fsp3) is 0.533. The summed E-state index contributed by atoms with van der Waals surface area (Å²) in [6.45, 7) is 4.56. The van der Waals surface area contributed by atoms with Crippen molar-refractivity contribution in [2.45, 2.75) is 32.4 Å². The summed E-state index contributed by atoms with van der Waals surface area (Å²) in [4.78, 5) is 2.34. The van der Waals surface area contributed by atoms with Crippen molar-refractivity contribution in [3.8, 4) is 6.07 Å². The van der Waals surface area contributed by atoms with Gasteiger partial charge in [0.05, 0.1) is 11.6 Å². The topological polar surface area (TPSA) is 53.0 Å². The Morgan fingerprint density at radius 3 is 2.95 bits per heavy atom. The largest absolute Gasteiger partial charge is 0.330 e. The highest BCUT2D eigenvalue weighted by atomic mass is 19.1. The second kappa shape index (κ2) is 6.14. The lowest BCUT2D eigenvalue weighted by atomic mass is 9.93. The molecule has 1 aliphatic rings. The van der Waals surface area contributed by atoms with Crippen LogP contribution in [0.5, 0.6) is 0 Å². The molecule has 2 atom stereocenters. The van der Waals surface area contributed by atoms with Gasteiger partial charge in [-0.3, -0.25) is 4.90 Å². The number of piperidine rings is 1. The summed E-state index contributed by atoms with van der Waals surface area (Å²) >= 11 is 0. The van der Waals surface area contributed by atoms with Crippen LogP contribution in [0.1, 0.15) is 30.9 Å². The SMILES string of the molecule is CC1CCC(CN)CN1Cc1ccc(F)cc1C#N. The van der Waals surface area contributed by atoms with Gasteiger partial charge >= 0.3 is 0 Å². The lowest BCUT2D eigenvalue weighted by Crippen LogP contribution is -2.43. The van der Waals surface area contributed by atoms with Gasteiger partial charge in [-0.25, -0.2) is 4.39 Å². The number of nitrogens with zero attached hydrogens (tertiary/aromatic N) is 2.